The maximum absolute atomic E-state index is 13.6. The van der Waals surface area contributed by atoms with E-state index in [0.717, 1.165) is 29.7 Å². The third-order valence-corrected chi connectivity index (χ3v) is 2.99. The molecular formula is C17H16FNO. The molecule has 0 spiro atoms. The van der Waals surface area contributed by atoms with Crippen LogP contribution in [-0.2, 0) is 11.3 Å². The van der Waals surface area contributed by atoms with E-state index in [2.05, 4.69) is 6.92 Å². The van der Waals surface area contributed by atoms with E-state index in [1.807, 2.05) is 30.3 Å². The number of hydrogen-bond donors (Lipinski definition) is 0. The van der Waals surface area contributed by atoms with E-state index in [1.54, 1.807) is 6.07 Å². The maximum atomic E-state index is 13.6. The minimum atomic E-state index is -0.486. The molecule has 0 N–H and O–H groups in total. The summed E-state index contributed by atoms with van der Waals surface area (Å²) in [6.07, 6.45) is 1.00. The van der Waals surface area contributed by atoms with Crippen molar-refractivity contribution in [1.82, 2.24) is 0 Å². The highest BCUT2D eigenvalue weighted by Gasteiger charge is 2.04. The Bertz CT molecular complexity index is 614. The Morgan fingerprint density at radius 2 is 1.80 bits per heavy atom. The number of hydrogen-bond acceptors (Lipinski definition) is 2. The molecule has 0 bridgehead atoms. The molecule has 2 aromatic rings. The molecule has 0 unspecified atom stereocenters. The molecule has 2 aromatic carbocycles. The second-order valence-electron chi connectivity index (χ2n) is 4.56. The first-order valence-corrected chi connectivity index (χ1v) is 6.61. The van der Waals surface area contributed by atoms with Gasteiger partial charge in [0.1, 0.15) is 11.9 Å². The SMILES string of the molecule is CCCOCc1ccc(-c2ccc(C#N)c(F)c2)cc1. The summed E-state index contributed by atoms with van der Waals surface area (Å²) in [5.41, 5.74) is 2.85. The normalized spacial score (nSPS) is 10.2. The standard InChI is InChI=1S/C17H16FNO/c1-2-9-20-12-13-3-5-14(6-4-13)15-7-8-16(11-19)17(18)10-15/h3-8,10H,2,9,12H2,1H3. The number of rotatable bonds is 5. The van der Waals surface area contributed by atoms with Gasteiger partial charge in [-0.1, -0.05) is 37.3 Å². The van der Waals surface area contributed by atoms with Crippen molar-refractivity contribution < 1.29 is 9.13 Å². The summed E-state index contributed by atoms with van der Waals surface area (Å²) in [6.45, 7) is 3.42. The van der Waals surface area contributed by atoms with Gasteiger partial charge in [-0.25, -0.2) is 4.39 Å². The molecule has 20 heavy (non-hydrogen) atoms. The zero-order valence-electron chi connectivity index (χ0n) is 11.4. The lowest BCUT2D eigenvalue weighted by Crippen LogP contribution is -1.93. The Balaban J connectivity index is 2.14. The predicted molar refractivity (Wildman–Crippen MR) is 76.5 cm³/mol. The molecule has 0 aliphatic carbocycles. The summed E-state index contributed by atoms with van der Waals surface area (Å²) >= 11 is 0. The van der Waals surface area contributed by atoms with Crippen molar-refractivity contribution in [3.63, 3.8) is 0 Å². The molecule has 0 fully saturated rings. The largest absolute Gasteiger partial charge is 0.377 e. The van der Waals surface area contributed by atoms with Crippen LogP contribution >= 0.6 is 0 Å². The summed E-state index contributed by atoms with van der Waals surface area (Å²) < 4.78 is 19.0. The van der Waals surface area contributed by atoms with E-state index in [-0.39, 0.29) is 5.56 Å². The molecule has 0 saturated carbocycles. The van der Waals surface area contributed by atoms with E-state index in [0.29, 0.717) is 6.61 Å². The second-order valence-corrected chi connectivity index (χ2v) is 4.56. The van der Waals surface area contributed by atoms with Crippen molar-refractivity contribution in [1.29, 1.82) is 5.26 Å². The number of benzene rings is 2. The van der Waals surface area contributed by atoms with Crippen molar-refractivity contribution in [3.05, 3.63) is 59.4 Å². The number of nitrogens with zero attached hydrogens (tertiary/aromatic N) is 1. The van der Waals surface area contributed by atoms with Crippen LogP contribution in [0.3, 0.4) is 0 Å². The molecule has 102 valence electrons. The highest BCUT2D eigenvalue weighted by Crippen LogP contribution is 2.22. The molecule has 0 heterocycles. The van der Waals surface area contributed by atoms with Crippen LogP contribution in [0.2, 0.25) is 0 Å². The van der Waals surface area contributed by atoms with Crippen LogP contribution in [-0.4, -0.2) is 6.61 Å². The quantitative estimate of drug-likeness (QED) is 0.758. The highest BCUT2D eigenvalue weighted by atomic mass is 19.1. The monoisotopic (exact) mass is 269 g/mol. The highest BCUT2D eigenvalue weighted by molar-refractivity contribution is 5.64. The Labute approximate surface area is 118 Å². The number of ether oxygens (including phenoxy) is 1. The van der Waals surface area contributed by atoms with Crippen LogP contribution in [0.1, 0.15) is 24.5 Å². The van der Waals surface area contributed by atoms with Crippen LogP contribution in [0, 0.1) is 17.1 Å². The first-order chi connectivity index (χ1) is 9.74. The first-order valence-electron chi connectivity index (χ1n) is 6.61. The van der Waals surface area contributed by atoms with Crippen molar-refractivity contribution >= 4 is 0 Å². The molecule has 0 aliphatic heterocycles. The first kappa shape index (κ1) is 14.2. The van der Waals surface area contributed by atoms with Gasteiger partial charge in [0, 0.05) is 6.61 Å². The minimum Gasteiger partial charge on any atom is -0.377 e. The molecule has 3 heteroatoms. The Morgan fingerprint density at radius 1 is 1.10 bits per heavy atom. The van der Waals surface area contributed by atoms with Crippen LogP contribution in [0.25, 0.3) is 11.1 Å². The number of nitriles is 1. The van der Waals surface area contributed by atoms with Gasteiger partial charge in [-0.05, 0) is 35.2 Å². The van der Waals surface area contributed by atoms with Gasteiger partial charge in [0.2, 0.25) is 0 Å². The van der Waals surface area contributed by atoms with Gasteiger partial charge in [-0.3, -0.25) is 0 Å². The fraction of sp³-hybridized carbons (Fsp3) is 0.235. The Hall–Kier alpha value is -2.18. The average molecular weight is 269 g/mol. The molecule has 2 nitrogen and oxygen atoms in total. The summed E-state index contributed by atoms with van der Waals surface area (Å²) in [5.74, 6) is -0.486. The molecule has 0 radical (unpaired) electrons. The Morgan fingerprint density at radius 3 is 2.40 bits per heavy atom. The molecular weight excluding hydrogens is 253 g/mol. The van der Waals surface area contributed by atoms with Gasteiger partial charge in [0.25, 0.3) is 0 Å². The smallest absolute Gasteiger partial charge is 0.141 e. The summed E-state index contributed by atoms with van der Waals surface area (Å²) in [5, 5.41) is 8.72. The lowest BCUT2D eigenvalue weighted by molar-refractivity contribution is 0.121. The van der Waals surface area contributed by atoms with E-state index < -0.39 is 5.82 Å². The lowest BCUT2D eigenvalue weighted by Gasteiger charge is -2.06. The van der Waals surface area contributed by atoms with Gasteiger partial charge in [-0.15, -0.1) is 0 Å². The fourth-order valence-electron chi connectivity index (χ4n) is 1.91. The maximum Gasteiger partial charge on any atom is 0.141 e. The summed E-state index contributed by atoms with van der Waals surface area (Å²) in [4.78, 5) is 0. The molecule has 0 aliphatic rings. The van der Waals surface area contributed by atoms with Crippen molar-refractivity contribution in [3.8, 4) is 17.2 Å². The zero-order valence-corrected chi connectivity index (χ0v) is 11.4. The van der Waals surface area contributed by atoms with Crippen molar-refractivity contribution in [2.45, 2.75) is 20.0 Å². The van der Waals surface area contributed by atoms with Gasteiger partial charge in [0.05, 0.1) is 12.2 Å². The minimum absolute atomic E-state index is 0.0679. The Kier molecular flexibility index (Phi) is 4.86. The molecule has 0 amide bonds. The van der Waals surface area contributed by atoms with E-state index in [9.17, 15) is 4.39 Å². The third kappa shape index (κ3) is 3.43. The topological polar surface area (TPSA) is 33.0 Å². The fourth-order valence-corrected chi connectivity index (χ4v) is 1.91. The lowest BCUT2D eigenvalue weighted by atomic mass is 10.0. The van der Waals surface area contributed by atoms with Crippen LogP contribution in [0.15, 0.2) is 42.5 Å². The summed E-state index contributed by atoms with van der Waals surface area (Å²) in [6, 6.07) is 14.3. The van der Waals surface area contributed by atoms with E-state index in [1.165, 1.54) is 12.1 Å². The van der Waals surface area contributed by atoms with Gasteiger partial charge >= 0.3 is 0 Å². The predicted octanol–water partition coefficient (Wildman–Crippen LogP) is 4.29. The number of halogens is 1. The zero-order chi connectivity index (χ0) is 14.4. The van der Waals surface area contributed by atoms with E-state index >= 15 is 0 Å². The van der Waals surface area contributed by atoms with Gasteiger partial charge in [-0.2, -0.15) is 5.26 Å². The third-order valence-electron chi connectivity index (χ3n) is 2.99. The van der Waals surface area contributed by atoms with Crippen LogP contribution in [0.5, 0.6) is 0 Å². The van der Waals surface area contributed by atoms with Crippen molar-refractivity contribution in [2.24, 2.45) is 0 Å². The van der Waals surface area contributed by atoms with E-state index in [4.69, 9.17) is 10.00 Å². The molecule has 2 rings (SSSR count). The average Bonchev–Trinajstić information content (AvgIpc) is 2.48. The van der Waals surface area contributed by atoms with Gasteiger partial charge < -0.3 is 4.74 Å². The van der Waals surface area contributed by atoms with Crippen LogP contribution < -0.4 is 0 Å². The molecule has 0 atom stereocenters. The van der Waals surface area contributed by atoms with Gasteiger partial charge in [0.15, 0.2) is 0 Å². The van der Waals surface area contributed by atoms with Crippen LogP contribution in [0.4, 0.5) is 4.39 Å². The second kappa shape index (κ2) is 6.83. The summed E-state index contributed by atoms with van der Waals surface area (Å²) in [7, 11) is 0. The molecule has 0 aromatic heterocycles. The molecule has 0 saturated heterocycles. The van der Waals surface area contributed by atoms with Crippen molar-refractivity contribution in [2.75, 3.05) is 6.61 Å².